The summed E-state index contributed by atoms with van der Waals surface area (Å²) in [5.74, 6) is 0.544. The van der Waals surface area contributed by atoms with E-state index in [2.05, 4.69) is 88.1 Å². The molecule has 0 amide bonds. The number of hydrogen-bond donors (Lipinski definition) is 0. The van der Waals surface area contributed by atoms with Crippen molar-refractivity contribution in [3.05, 3.63) is 65.2 Å². The van der Waals surface area contributed by atoms with Gasteiger partial charge in [0.1, 0.15) is 0 Å². The predicted molar refractivity (Wildman–Crippen MR) is 133 cm³/mol. The second-order valence-electron chi connectivity index (χ2n) is 6.79. The van der Waals surface area contributed by atoms with E-state index in [0.717, 1.165) is 5.52 Å². The summed E-state index contributed by atoms with van der Waals surface area (Å²) in [5, 5.41) is 1.23. The first kappa shape index (κ1) is 28.5. The van der Waals surface area contributed by atoms with Crippen LogP contribution in [0.5, 0.6) is 0 Å². The molecule has 0 spiro atoms. The van der Waals surface area contributed by atoms with Crippen LogP contribution in [0.3, 0.4) is 0 Å². The highest BCUT2D eigenvalue weighted by Crippen LogP contribution is 2.26. The van der Waals surface area contributed by atoms with E-state index < -0.39 is 0 Å². The van der Waals surface area contributed by atoms with Crippen LogP contribution in [0.2, 0.25) is 0 Å². The van der Waals surface area contributed by atoms with E-state index in [-0.39, 0.29) is 0 Å². The van der Waals surface area contributed by atoms with E-state index >= 15 is 0 Å². The zero-order chi connectivity index (χ0) is 22.2. The van der Waals surface area contributed by atoms with Gasteiger partial charge in [0.15, 0.2) is 0 Å². The Bertz CT molecular complexity index is 673. The molecule has 3 aromatic rings. The van der Waals surface area contributed by atoms with Crippen molar-refractivity contribution in [3.8, 4) is 0 Å². The van der Waals surface area contributed by atoms with Gasteiger partial charge in [-0.3, -0.25) is 0 Å². The van der Waals surface area contributed by atoms with Crippen molar-refractivity contribution in [2.75, 3.05) is 0 Å². The van der Waals surface area contributed by atoms with Gasteiger partial charge in [-0.2, -0.15) is 0 Å². The number of hydrogen-bond acceptors (Lipinski definition) is 2. The van der Waals surface area contributed by atoms with Crippen LogP contribution in [0.15, 0.2) is 54.6 Å². The van der Waals surface area contributed by atoms with E-state index in [1.165, 1.54) is 15.3 Å². The first-order valence-corrected chi connectivity index (χ1v) is 11.6. The summed E-state index contributed by atoms with van der Waals surface area (Å²) in [6.45, 7) is 23.0. The molecule has 2 aromatic carbocycles. The summed E-state index contributed by atoms with van der Waals surface area (Å²) in [7, 11) is 0. The molecule has 1 nitrogen and oxygen atoms in total. The van der Waals surface area contributed by atoms with E-state index in [1.807, 2.05) is 47.6 Å². The maximum atomic E-state index is 4.53. The molecule has 158 valence electrons. The number of benzene rings is 2. The van der Waals surface area contributed by atoms with Crippen LogP contribution in [0.25, 0.3) is 10.2 Å². The average Bonchev–Trinajstić information content (AvgIpc) is 3.18. The smallest absolute Gasteiger partial charge is 0.0963 e. The molecule has 2 heteroatoms. The molecule has 0 fully saturated rings. The molecule has 1 aromatic heterocycles. The van der Waals surface area contributed by atoms with Crippen LogP contribution in [0.4, 0.5) is 0 Å². The fourth-order valence-corrected chi connectivity index (χ4v) is 3.05. The number of thiazole rings is 1. The minimum atomic E-state index is 0.293. The van der Waals surface area contributed by atoms with E-state index in [0.29, 0.717) is 11.3 Å². The zero-order valence-corrected chi connectivity index (χ0v) is 20.9. The van der Waals surface area contributed by atoms with E-state index in [4.69, 9.17) is 0 Å². The molecular weight excluding hydrogens is 358 g/mol. The molecule has 0 aliphatic carbocycles. The van der Waals surface area contributed by atoms with Crippen molar-refractivity contribution in [1.29, 1.82) is 0 Å². The molecule has 0 N–H and O–H groups in total. The van der Waals surface area contributed by atoms with Gasteiger partial charge in [-0.1, -0.05) is 119 Å². The van der Waals surface area contributed by atoms with Gasteiger partial charge in [0, 0.05) is 5.92 Å². The number of rotatable bonds is 1. The first-order valence-electron chi connectivity index (χ1n) is 10.8. The lowest BCUT2D eigenvalue weighted by atomic mass is 9.87. The Balaban J connectivity index is 0. The lowest BCUT2D eigenvalue weighted by molar-refractivity contribution is 0.590. The Morgan fingerprint density at radius 2 is 1.18 bits per heavy atom. The van der Waals surface area contributed by atoms with Crippen LogP contribution >= 0.6 is 11.3 Å². The summed E-state index contributed by atoms with van der Waals surface area (Å²) < 4.78 is 1.29. The normalized spacial score (nSPS) is 9.57. The molecule has 0 aliphatic heterocycles. The minimum absolute atomic E-state index is 0.293. The molecule has 0 unspecified atom stereocenters. The summed E-state index contributed by atoms with van der Waals surface area (Å²) in [5.41, 5.74) is 2.82. The Morgan fingerprint density at radius 3 is 1.57 bits per heavy atom. The third-order valence-corrected chi connectivity index (χ3v) is 4.78. The fraction of sp³-hybridized carbons (Fsp3) is 0.500. The molecule has 0 radical (unpaired) electrons. The number of aromatic nitrogens is 1. The Labute approximate surface area is 179 Å². The third kappa shape index (κ3) is 10.6. The van der Waals surface area contributed by atoms with Crippen molar-refractivity contribution in [1.82, 2.24) is 4.98 Å². The van der Waals surface area contributed by atoms with Gasteiger partial charge in [0.05, 0.1) is 15.2 Å². The van der Waals surface area contributed by atoms with Crippen molar-refractivity contribution in [2.45, 2.75) is 87.5 Å². The summed E-state index contributed by atoms with van der Waals surface area (Å²) in [6.07, 6.45) is 0. The van der Waals surface area contributed by atoms with Gasteiger partial charge in [-0.15, -0.1) is 11.3 Å². The standard InChI is InChI=1S/C10H11NS.C10H14.3C2H6/c1-7(2)10-11-8-5-3-4-6-9(8)12-10;1-10(2,3)9-7-5-4-6-8-9;3*1-2/h3-7H,1-2H3;4-8H,1-3H3;3*1-2H3. The van der Waals surface area contributed by atoms with E-state index in [1.54, 1.807) is 11.3 Å². The van der Waals surface area contributed by atoms with Crippen molar-refractivity contribution in [2.24, 2.45) is 0 Å². The second kappa shape index (κ2) is 16.3. The van der Waals surface area contributed by atoms with Crippen molar-refractivity contribution in [3.63, 3.8) is 0 Å². The molecule has 28 heavy (non-hydrogen) atoms. The Hall–Kier alpha value is -1.67. The van der Waals surface area contributed by atoms with Gasteiger partial charge < -0.3 is 0 Å². The van der Waals surface area contributed by atoms with Crippen molar-refractivity contribution >= 4 is 21.6 Å². The van der Waals surface area contributed by atoms with Crippen LogP contribution < -0.4 is 0 Å². The topological polar surface area (TPSA) is 12.9 Å². The second-order valence-corrected chi connectivity index (χ2v) is 7.85. The van der Waals surface area contributed by atoms with Gasteiger partial charge in [-0.05, 0) is 23.1 Å². The van der Waals surface area contributed by atoms with Gasteiger partial charge in [0.25, 0.3) is 0 Å². The molecule has 0 bridgehead atoms. The Morgan fingerprint density at radius 1 is 0.714 bits per heavy atom. The maximum absolute atomic E-state index is 4.53. The number of fused-ring (bicyclic) bond motifs is 1. The van der Waals surface area contributed by atoms with Crippen LogP contribution in [0, 0.1) is 0 Å². The van der Waals surface area contributed by atoms with Crippen LogP contribution in [0.1, 0.15) is 92.7 Å². The molecule has 0 atom stereocenters. The maximum Gasteiger partial charge on any atom is 0.0963 e. The molecule has 0 saturated carbocycles. The lowest BCUT2D eigenvalue weighted by Crippen LogP contribution is -2.10. The molecule has 1 heterocycles. The molecule has 3 rings (SSSR count). The van der Waals surface area contributed by atoms with Gasteiger partial charge in [-0.25, -0.2) is 4.98 Å². The Kier molecular flexibility index (Phi) is 16.6. The quantitative estimate of drug-likeness (QED) is 0.395. The van der Waals surface area contributed by atoms with Gasteiger partial charge in [0.2, 0.25) is 0 Å². The molecule has 0 aliphatic rings. The molecule has 0 saturated heterocycles. The van der Waals surface area contributed by atoms with Gasteiger partial charge >= 0.3 is 0 Å². The monoisotopic (exact) mass is 401 g/mol. The predicted octanol–water partition coefficient (Wildman–Crippen LogP) is 9.48. The fourth-order valence-electron chi connectivity index (χ4n) is 2.08. The SMILES string of the molecule is CC.CC.CC.CC(C)(C)c1ccccc1.CC(C)c1nc2ccccc2s1. The summed E-state index contributed by atoms with van der Waals surface area (Å²) in [6, 6.07) is 18.8. The molecular formula is C26H43NS. The largest absolute Gasteiger partial charge is 0.241 e. The summed E-state index contributed by atoms with van der Waals surface area (Å²) in [4.78, 5) is 4.53. The highest BCUT2D eigenvalue weighted by atomic mass is 32.1. The third-order valence-electron chi connectivity index (χ3n) is 3.44. The number of para-hydroxylation sites is 1. The van der Waals surface area contributed by atoms with Crippen LogP contribution in [-0.4, -0.2) is 4.98 Å². The minimum Gasteiger partial charge on any atom is -0.241 e. The van der Waals surface area contributed by atoms with E-state index in [9.17, 15) is 0 Å². The highest BCUT2D eigenvalue weighted by molar-refractivity contribution is 7.18. The lowest BCUT2D eigenvalue weighted by Gasteiger charge is -2.18. The van der Waals surface area contributed by atoms with Crippen LogP contribution in [-0.2, 0) is 5.41 Å². The average molecular weight is 402 g/mol. The zero-order valence-electron chi connectivity index (χ0n) is 20.1. The number of nitrogens with zero attached hydrogens (tertiary/aromatic N) is 1. The first-order chi connectivity index (χ1) is 13.4. The van der Waals surface area contributed by atoms with Crippen molar-refractivity contribution < 1.29 is 0 Å². The summed E-state index contributed by atoms with van der Waals surface area (Å²) >= 11 is 1.79. The highest BCUT2D eigenvalue weighted by Gasteiger charge is 2.11.